The lowest BCUT2D eigenvalue weighted by atomic mass is 9.44. The zero-order valence-electron chi connectivity index (χ0n) is 21.5. The van der Waals surface area contributed by atoms with Gasteiger partial charge in [0.25, 0.3) is 0 Å². The van der Waals surface area contributed by atoms with Crippen molar-refractivity contribution in [1.82, 2.24) is 5.01 Å². The molecule has 0 aromatic rings. The highest BCUT2D eigenvalue weighted by Crippen LogP contribution is 2.68. The molecule has 0 saturated heterocycles. The molecule has 0 aromatic carbocycles. The maximum absolute atomic E-state index is 12.4. The van der Waals surface area contributed by atoms with Gasteiger partial charge in [0.05, 0.1) is 6.61 Å². The average molecular weight is 479 g/mol. The van der Waals surface area contributed by atoms with Crippen LogP contribution in [0.1, 0.15) is 92.4 Å². The number of nitrogens with zero attached hydrogens (tertiary/aromatic N) is 2. The largest absolute Gasteiger partial charge is 0.468 e. The quantitative estimate of drug-likeness (QED) is 0.289. The number of carbonyl (C=O) groups is 2. The van der Waals surface area contributed by atoms with E-state index in [-0.39, 0.29) is 35.4 Å². The molecule has 8 nitrogen and oxygen atoms in total. The fourth-order valence-corrected chi connectivity index (χ4v) is 9.14. The van der Waals surface area contributed by atoms with Gasteiger partial charge in [-0.1, -0.05) is 13.8 Å². The summed E-state index contributed by atoms with van der Waals surface area (Å²) in [5.74, 6) is 2.36. The van der Waals surface area contributed by atoms with Crippen molar-refractivity contribution in [2.45, 2.75) is 105 Å². The first-order valence-corrected chi connectivity index (χ1v) is 13.3. The Morgan fingerprint density at radius 2 is 1.74 bits per heavy atom. The van der Waals surface area contributed by atoms with Crippen molar-refractivity contribution < 1.29 is 24.1 Å². The van der Waals surface area contributed by atoms with Crippen molar-refractivity contribution in [3.05, 3.63) is 10.1 Å². The molecule has 1 unspecified atom stereocenters. The maximum atomic E-state index is 12.4. The van der Waals surface area contributed by atoms with Gasteiger partial charge in [0.1, 0.15) is 12.1 Å². The van der Waals surface area contributed by atoms with Crippen LogP contribution >= 0.6 is 0 Å². The van der Waals surface area contributed by atoms with Crippen LogP contribution in [0.2, 0.25) is 0 Å². The molecule has 4 fully saturated rings. The zero-order chi connectivity index (χ0) is 24.8. The monoisotopic (exact) mass is 478 g/mol. The van der Waals surface area contributed by atoms with Crippen molar-refractivity contribution >= 4 is 12.1 Å². The topological polar surface area (TPSA) is 99.0 Å². The van der Waals surface area contributed by atoms with Crippen LogP contribution in [-0.4, -0.2) is 40.9 Å². The molecular weight excluding hydrogens is 436 g/mol. The van der Waals surface area contributed by atoms with E-state index < -0.39 is 17.2 Å². The molecular formula is C26H42N2O6. The Bertz CT molecular complexity index is 819. The summed E-state index contributed by atoms with van der Waals surface area (Å²) in [7, 11) is 0. The van der Waals surface area contributed by atoms with E-state index in [0.717, 1.165) is 50.0 Å². The summed E-state index contributed by atoms with van der Waals surface area (Å²) in [5, 5.41) is 12.0. The SMILES string of the molecule is CCOC(=O)N([C@H](C)[C@H]1CC[C@H]2[C@@H]3CCC4C[C@@H](OC(C)=O)CC[C@]4(C)[C@H]3CC[C@]12C)[N+](=O)[O-]. The fourth-order valence-electron chi connectivity index (χ4n) is 9.14. The van der Waals surface area contributed by atoms with Crippen molar-refractivity contribution in [3.8, 4) is 0 Å². The van der Waals surface area contributed by atoms with Crippen LogP contribution in [0, 0.1) is 50.5 Å². The number of ether oxygens (including phenoxy) is 2. The van der Waals surface area contributed by atoms with Crippen LogP contribution in [0.4, 0.5) is 4.79 Å². The minimum atomic E-state index is -0.849. The third kappa shape index (κ3) is 4.09. The van der Waals surface area contributed by atoms with Crippen LogP contribution in [-0.2, 0) is 14.3 Å². The molecule has 4 rings (SSSR count). The standard InChI is InChI=1S/C26H42N2O6/c1-6-33-24(30)27(28(31)32)16(2)21-9-10-22-20-8-7-18-15-19(34-17(3)29)11-13-25(18,4)23(20)12-14-26(21,22)5/h16,18-23H,6-15H2,1-5H3/t16-,18?,19+,20+,21-,22+,23+,25+,26-/m1/s1. The van der Waals surface area contributed by atoms with Gasteiger partial charge in [0.15, 0.2) is 5.03 Å². The third-order valence-electron chi connectivity index (χ3n) is 10.6. The van der Waals surface area contributed by atoms with Crippen molar-refractivity contribution in [1.29, 1.82) is 0 Å². The predicted octanol–water partition coefficient (Wildman–Crippen LogP) is 5.62. The van der Waals surface area contributed by atoms with Crippen LogP contribution in [0.15, 0.2) is 0 Å². The van der Waals surface area contributed by atoms with Crippen molar-refractivity contribution in [2.75, 3.05) is 6.61 Å². The molecule has 4 aliphatic rings. The van der Waals surface area contributed by atoms with E-state index in [1.54, 1.807) is 6.92 Å². The third-order valence-corrected chi connectivity index (χ3v) is 10.6. The van der Waals surface area contributed by atoms with E-state index in [2.05, 4.69) is 13.8 Å². The molecule has 0 spiro atoms. The Kier molecular flexibility index (Phi) is 6.91. The highest BCUT2D eigenvalue weighted by atomic mass is 16.7. The second-order valence-corrected chi connectivity index (χ2v) is 11.9. The smallest absolute Gasteiger partial charge is 0.463 e. The van der Waals surface area contributed by atoms with Gasteiger partial charge in [-0.15, -0.1) is 0 Å². The van der Waals surface area contributed by atoms with Gasteiger partial charge in [0.2, 0.25) is 0 Å². The first-order valence-electron chi connectivity index (χ1n) is 13.3. The Hall–Kier alpha value is -1.86. The second kappa shape index (κ2) is 9.30. The molecule has 1 amide bonds. The normalized spacial score (nSPS) is 41.9. The lowest BCUT2D eigenvalue weighted by Gasteiger charge is -2.61. The molecule has 8 heteroatoms. The van der Waals surface area contributed by atoms with Gasteiger partial charge < -0.3 is 9.47 Å². The molecule has 0 aliphatic heterocycles. The molecule has 0 aromatic heterocycles. The van der Waals surface area contributed by atoms with Gasteiger partial charge >= 0.3 is 12.1 Å². The molecule has 0 bridgehead atoms. The number of esters is 1. The minimum Gasteiger partial charge on any atom is -0.463 e. The predicted molar refractivity (Wildman–Crippen MR) is 126 cm³/mol. The fraction of sp³-hybridized carbons (Fsp3) is 0.923. The summed E-state index contributed by atoms with van der Waals surface area (Å²) >= 11 is 0. The van der Waals surface area contributed by atoms with E-state index in [9.17, 15) is 19.7 Å². The van der Waals surface area contributed by atoms with E-state index in [1.165, 1.54) is 19.8 Å². The lowest BCUT2D eigenvalue weighted by molar-refractivity contribution is -0.645. The van der Waals surface area contributed by atoms with Crippen molar-refractivity contribution in [2.24, 2.45) is 40.4 Å². The molecule has 0 N–H and O–H groups in total. The average Bonchev–Trinajstić information content (AvgIpc) is 3.11. The number of hydrogen-bond acceptors (Lipinski definition) is 6. The zero-order valence-corrected chi connectivity index (χ0v) is 21.5. The number of nitro groups is 1. The first kappa shape index (κ1) is 25.2. The number of amides is 1. The Morgan fingerprint density at radius 1 is 1.06 bits per heavy atom. The summed E-state index contributed by atoms with van der Waals surface area (Å²) < 4.78 is 10.6. The molecule has 9 atom stereocenters. The molecule has 4 saturated carbocycles. The number of rotatable bonds is 5. The van der Waals surface area contributed by atoms with Gasteiger partial charge in [-0.2, -0.15) is 0 Å². The maximum Gasteiger partial charge on any atom is 0.468 e. The van der Waals surface area contributed by atoms with E-state index in [1.807, 2.05) is 6.92 Å². The molecule has 34 heavy (non-hydrogen) atoms. The minimum absolute atomic E-state index is 0.000518. The lowest BCUT2D eigenvalue weighted by Crippen LogP contribution is -2.56. The van der Waals surface area contributed by atoms with Crippen LogP contribution in [0.25, 0.3) is 0 Å². The summed E-state index contributed by atoms with van der Waals surface area (Å²) in [6.45, 7) is 9.95. The Morgan fingerprint density at radius 3 is 2.38 bits per heavy atom. The first-order chi connectivity index (χ1) is 16.0. The summed E-state index contributed by atoms with van der Waals surface area (Å²) in [5.41, 5.74) is 0.280. The summed E-state index contributed by atoms with van der Waals surface area (Å²) in [6.07, 6.45) is 8.82. The van der Waals surface area contributed by atoms with E-state index in [0.29, 0.717) is 23.7 Å². The summed E-state index contributed by atoms with van der Waals surface area (Å²) in [6, 6.07) is -0.494. The van der Waals surface area contributed by atoms with Gasteiger partial charge in [0, 0.05) is 6.92 Å². The number of carbonyl (C=O) groups excluding carboxylic acids is 2. The summed E-state index contributed by atoms with van der Waals surface area (Å²) in [4.78, 5) is 35.7. The van der Waals surface area contributed by atoms with Crippen LogP contribution in [0.3, 0.4) is 0 Å². The van der Waals surface area contributed by atoms with Gasteiger partial charge in [-0.3, -0.25) is 4.79 Å². The Labute approximate surface area is 203 Å². The number of hydrazine groups is 1. The van der Waals surface area contributed by atoms with E-state index >= 15 is 0 Å². The second-order valence-electron chi connectivity index (χ2n) is 11.9. The molecule has 0 heterocycles. The molecule has 192 valence electrons. The van der Waals surface area contributed by atoms with Gasteiger partial charge in [-0.25, -0.2) is 14.9 Å². The van der Waals surface area contributed by atoms with Crippen LogP contribution in [0.5, 0.6) is 0 Å². The number of fused-ring (bicyclic) bond motifs is 5. The van der Waals surface area contributed by atoms with Crippen LogP contribution < -0.4 is 0 Å². The van der Waals surface area contributed by atoms with Gasteiger partial charge in [-0.05, 0) is 117 Å². The number of hydrogen-bond donors (Lipinski definition) is 0. The molecule has 4 aliphatic carbocycles. The van der Waals surface area contributed by atoms with E-state index in [4.69, 9.17) is 9.47 Å². The highest BCUT2D eigenvalue weighted by molar-refractivity contribution is 5.66. The highest BCUT2D eigenvalue weighted by Gasteiger charge is 2.62. The molecule has 0 radical (unpaired) electrons. The van der Waals surface area contributed by atoms with Crippen molar-refractivity contribution in [3.63, 3.8) is 0 Å². The Balaban J connectivity index is 1.51.